The fraction of sp³-hybridized carbons (Fsp3) is 0.455. The molecule has 0 aliphatic rings. The van der Waals surface area contributed by atoms with Crippen LogP contribution in [0.4, 0.5) is 0 Å². The van der Waals surface area contributed by atoms with Crippen LogP contribution in [0.2, 0.25) is 0 Å². The Balaban J connectivity index is 0.00000341. The van der Waals surface area contributed by atoms with Gasteiger partial charge in [-0.2, -0.15) is 0 Å². The number of benzene rings is 1. The van der Waals surface area contributed by atoms with Gasteiger partial charge >= 0.3 is 0 Å². The Morgan fingerprint density at radius 2 is 2.06 bits per heavy atom. The smallest absolute Gasteiger partial charge is 0.194 e. The number of fused-ring (bicyclic) bond motifs is 1. The molecule has 0 radical (unpaired) electrons. The van der Waals surface area contributed by atoms with Crippen molar-refractivity contribution < 1.29 is 9.47 Å². The molecule has 0 saturated heterocycles. The Morgan fingerprint density at radius 1 is 1.26 bits per heavy atom. The van der Waals surface area contributed by atoms with Crippen LogP contribution in [-0.4, -0.2) is 55.2 Å². The van der Waals surface area contributed by atoms with Crippen molar-refractivity contribution in [3.63, 3.8) is 0 Å². The second-order valence-electron chi connectivity index (χ2n) is 7.14. The highest BCUT2D eigenvalue weighted by atomic mass is 127. The van der Waals surface area contributed by atoms with E-state index < -0.39 is 0 Å². The zero-order chi connectivity index (χ0) is 21.5. The van der Waals surface area contributed by atoms with Gasteiger partial charge in [-0.25, -0.2) is 4.98 Å². The average molecular weight is 558 g/mol. The van der Waals surface area contributed by atoms with E-state index in [1.165, 1.54) is 5.69 Å². The van der Waals surface area contributed by atoms with Gasteiger partial charge in [-0.3, -0.25) is 4.99 Å². The third-order valence-corrected chi connectivity index (χ3v) is 5.64. The molecule has 0 aliphatic carbocycles. The lowest BCUT2D eigenvalue weighted by molar-refractivity contribution is 0.398. The Morgan fingerprint density at radius 3 is 2.71 bits per heavy atom. The second-order valence-corrected chi connectivity index (χ2v) is 8.20. The number of aliphatic imine (C=N–C) groups is 1. The zero-order valence-electron chi connectivity index (χ0n) is 18.8. The van der Waals surface area contributed by atoms with Crippen LogP contribution in [-0.2, 0) is 13.0 Å². The van der Waals surface area contributed by atoms with Crippen LogP contribution in [0, 0.1) is 6.92 Å². The summed E-state index contributed by atoms with van der Waals surface area (Å²) in [6, 6.07) is 6.06. The van der Waals surface area contributed by atoms with Crippen molar-refractivity contribution in [1.82, 2.24) is 20.2 Å². The van der Waals surface area contributed by atoms with E-state index in [4.69, 9.17) is 14.5 Å². The lowest BCUT2D eigenvalue weighted by Crippen LogP contribution is -2.38. The first-order valence-corrected chi connectivity index (χ1v) is 11.1. The van der Waals surface area contributed by atoms with E-state index in [0.29, 0.717) is 0 Å². The SMILES string of the molecule is CCNC(=NCCCc1cc2c(OC)cc(OC)cc2[nH]1)N(C)Cc1csc(C)n1.I. The fourth-order valence-corrected chi connectivity index (χ4v) is 3.99. The van der Waals surface area contributed by atoms with Crippen LogP contribution in [0.15, 0.2) is 28.6 Å². The van der Waals surface area contributed by atoms with Crippen molar-refractivity contribution in [3.8, 4) is 11.5 Å². The molecule has 7 nitrogen and oxygen atoms in total. The Kier molecular flexibility index (Phi) is 9.89. The minimum atomic E-state index is 0. The predicted molar refractivity (Wildman–Crippen MR) is 139 cm³/mol. The van der Waals surface area contributed by atoms with Gasteiger partial charge in [0.2, 0.25) is 0 Å². The number of guanidine groups is 1. The highest BCUT2D eigenvalue weighted by Crippen LogP contribution is 2.31. The summed E-state index contributed by atoms with van der Waals surface area (Å²) in [7, 11) is 5.39. The molecule has 0 bridgehead atoms. The minimum absolute atomic E-state index is 0. The van der Waals surface area contributed by atoms with Gasteiger partial charge in [0.1, 0.15) is 11.5 Å². The average Bonchev–Trinajstić information content (AvgIpc) is 3.34. The number of aryl methyl sites for hydroxylation is 2. The van der Waals surface area contributed by atoms with Gasteiger partial charge in [-0.05, 0) is 32.8 Å². The van der Waals surface area contributed by atoms with E-state index in [-0.39, 0.29) is 24.0 Å². The third kappa shape index (κ3) is 6.73. The van der Waals surface area contributed by atoms with Crippen molar-refractivity contribution in [3.05, 3.63) is 40.0 Å². The van der Waals surface area contributed by atoms with Crippen molar-refractivity contribution in [2.45, 2.75) is 33.2 Å². The molecule has 31 heavy (non-hydrogen) atoms. The molecule has 0 aliphatic heterocycles. The normalized spacial score (nSPS) is 11.3. The topological polar surface area (TPSA) is 74.8 Å². The number of hydrogen-bond donors (Lipinski definition) is 2. The molecule has 0 atom stereocenters. The Labute approximate surface area is 205 Å². The fourth-order valence-electron chi connectivity index (χ4n) is 3.38. The molecular formula is C22H32IN5O2S. The van der Waals surface area contributed by atoms with Gasteiger partial charge < -0.3 is 24.7 Å². The minimum Gasteiger partial charge on any atom is -0.497 e. The lowest BCUT2D eigenvalue weighted by Gasteiger charge is -2.21. The number of aromatic nitrogens is 2. The van der Waals surface area contributed by atoms with Crippen LogP contribution in [0.25, 0.3) is 10.9 Å². The summed E-state index contributed by atoms with van der Waals surface area (Å²) < 4.78 is 10.9. The molecule has 0 amide bonds. The van der Waals surface area contributed by atoms with Crippen molar-refractivity contribution in [2.24, 2.45) is 4.99 Å². The van der Waals surface area contributed by atoms with Crippen LogP contribution < -0.4 is 14.8 Å². The van der Waals surface area contributed by atoms with E-state index in [2.05, 4.69) is 38.6 Å². The number of rotatable bonds is 9. The molecule has 3 rings (SSSR count). The largest absolute Gasteiger partial charge is 0.497 e. The molecule has 0 spiro atoms. The maximum atomic E-state index is 5.50. The van der Waals surface area contributed by atoms with Gasteiger partial charge in [0.05, 0.1) is 37.0 Å². The highest BCUT2D eigenvalue weighted by molar-refractivity contribution is 14.0. The molecule has 3 aromatic rings. The summed E-state index contributed by atoms with van der Waals surface area (Å²) in [6.07, 6.45) is 1.86. The number of nitrogens with zero attached hydrogens (tertiary/aromatic N) is 3. The molecule has 1 aromatic carbocycles. The summed E-state index contributed by atoms with van der Waals surface area (Å²) >= 11 is 1.68. The number of nitrogens with one attached hydrogen (secondary N) is 2. The molecule has 2 N–H and O–H groups in total. The summed E-state index contributed by atoms with van der Waals surface area (Å²) in [5.74, 6) is 2.51. The zero-order valence-corrected chi connectivity index (χ0v) is 22.0. The third-order valence-electron chi connectivity index (χ3n) is 4.81. The van der Waals surface area contributed by atoms with E-state index in [0.717, 1.165) is 71.5 Å². The standard InChI is InChI=1S/C22H31N5O2S.HI/c1-6-23-22(27(3)13-17-14-30-15(2)25-17)24-9-7-8-16-10-19-20(26-16)11-18(28-4)12-21(19)29-5;/h10-12,14,26H,6-9,13H2,1-5H3,(H,23,24);1H. The van der Waals surface area contributed by atoms with E-state index in [9.17, 15) is 0 Å². The van der Waals surface area contributed by atoms with Crippen LogP contribution in [0.3, 0.4) is 0 Å². The monoisotopic (exact) mass is 557 g/mol. The second kappa shape index (κ2) is 12.1. The number of H-pyrrole nitrogens is 1. The van der Waals surface area contributed by atoms with Gasteiger partial charge in [-0.15, -0.1) is 35.3 Å². The molecule has 2 aromatic heterocycles. The van der Waals surface area contributed by atoms with E-state index >= 15 is 0 Å². The molecule has 0 fully saturated rings. The first-order valence-electron chi connectivity index (χ1n) is 10.2. The number of thiazole rings is 1. The van der Waals surface area contributed by atoms with Crippen molar-refractivity contribution in [2.75, 3.05) is 34.4 Å². The summed E-state index contributed by atoms with van der Waals surface area (Å²) in [4.78, 5) is 14.9. The maximum absolute atomic E-state index is 5.50. The van der Waals surface area contributed by atoms with E-state index in [1.807, 2.05) is 26.1 Å². The quantitative estimate of drug-likeness (QED) is 0.174. The van der Waals surface area contributed by atoms with Gasteiger partial charge in [0.15, 0.2) is 5.96 Å². The number of methoxy groups -OCH3 is 2. The molecule has 170 valence electrons. The van der Waals surface area contributed by atoms with Crippen molar-refractivity contribution in [1.29, 1.82) is 0 Å². The first kappa shape index (κ1) is 25.3. The summed E-state index contributed by atoms with van der Waals surface area (Å²) in [6.45, 7) is 6.45. The predicted octanol–water partition coefficient (Wildman–Crippen LogP) is 4.60. The molecule has 2 heterocycles. The summed E-state index contributed by atoms with van der Waals surface area (Å²) in [5, 5.41) is 7.64. The van der Waals surface area contributed by atoms with Crippen LogP contribution in [0.5, 0.6) is 11.5 Å². The summed E-state index contributed by atoms with van der Waals surface area (Å²) in [5.41, 5.74) is 3.27. The Bertz CT molecular complexity index is 1000. The molecule has 0 saturated carbocycles. The van der Waals surface area contributed by atoms with Gasteiger partial charge in [-0.1, -0.05) is 0 Å². The van der Waals surface area contributed by atoms with Gasteiger partial charge in [0.25, 0.3) is 0 Å². The highest BCUT2D eigenvalue weighted by Gasteiger charge is 2.10. The number of halogens is 1. The number of hydrogen-bond acceptors (Lipinski definition) is 5. The Hall–Kier alpha value is -2.01. The van der Waals surface area contributed by atoms with Crippen molar-refractivity contribution >= 4 is 52.2 Å². The van der Waals surface area contributed by atoms with Crippen LogP contribution >= 0.6 is 35.3 Å². The number of aromatic amines is 1. The number of ether oxygens (including phenoxy) is 2. The van der Waals surface area contributed by atoms with Gasteiger partial charge in [0, 0.05) is 48.7 Å². The first-order chi connectivity index (χ1) is 14.5. The lowest BCUT2D eigenvalue weighted by atomic mass is 10.2. The van der Waals surface area contributed by atoms with E-state index in [1.54, 1.807) is 25.6 Å². The van der Waals surface area contributed by atoms with Crippen LogP contribution in [0.1, 0.15) is 29.7 Å². The molecule has 0 unspecified atom stereocenters. The molecule has 9 heteroatoms. The maximum Gasteiger partial charge on any atom is 0.194 e. The molecular weight excluding hydrogens is 525 g/mol.